The molecule has 0 bridgehead atoms. The average molecular weight is 331 g/mol. The molecular weight excluding hydrogens is 310 g/mol. The summed E-state index contributed by atoms with van der Waals surface area (Å²) in [5.74, 6) is 0.130. The molecule has 0 N–H and O–H groups in total. The van der Waals surface area contributed by atoms with Crippen LogP contribution in [-0.4, -0.2) is 33.2 Å². The Morgan fingerprint density at radius 2 is 1.84 bits per heavy atom. The predicted octanol–water partition coefficient (Wildman–Crippen LogP) is 3.72. The molecule has 1 aliphatic heterocycles. The van der Waals surface area contributed by atoms with Crippen molar-refractivity contribution in [2.75, 3.05) is 6.54 Å². The summed E-state index contributed by atoms with van der Waals surface area (Å²) >= 11 is 0. The molecule has 3 aromatic rings. The molecule has 126 valence electrons. The van der Waals surface area contributed by atoms with E-state index in [0.717, 1.165) is 37.1 Å². The van der Waals surface area contributed by atoms with Crippen LogP contribution in [0.3, 0.4) is 0 Å². The minimum Gasteiger partial charge on any atom is -0.335 e. The van der Waals surface area contributed by atoms with Crippen LogP contribution in [0.25, 0.3) is 5.69 Å². The fraction of sp³-hybridized carbons (Fsp3) is 0.238. The highest BCUT2D eigenvalue weighted by atomic mass is 16.2. The van der Waals surface area contributed by atoms with E-state index in [2.05, 4.69) is 29.4 Å². The number of benzene rings is 2. The zero-order valence-corrected chi connectivity index (χ0v) is 14.1. The van der Waals surface area contributed by atoms with Crippen molar-refractivity contribution in [2.45, 2.75) is 25.3 Å². The first kappa shape index (κ1) is 15.6. The Balaban J connectivity index is 1.49. The SMILES string of the molecule is O=C(c1ccc(-n2cccn2)cc1)N1CCCC1Cc1ccccc1. The number of carbonyl (C=O) groups excluding carboxylic acids is 1. The number of nitrogens with zero attached hydrogens (tertiary/aromatic N) is 3. The summed E-state index contributed by atoms with van der Waals surface area (Å²) in [6, 6.07) is 20.3. The van der Waals surface area contributed by atoms with Crippen molar-refractivity contribution < 1.29 is 4.79 Å². The largest absolute Gasteiger partial charge is 0.335 e. The second-order valence-electron chi connectivity index (χ2n) is 6.48. The van der Waals surface area contributed by atoms with Crippen LogP contribution < -0.4 is 0 Å². The molecule has 0 spiro atoms. The number of rotatable bonds is 4. The van der Waals surface area contributed by atoms with Gasteiger partial charge >= 0.3 is 0 Å². The van der Waals surface area contributed by atoms with Gasteiger partial charge in [0, 0.05) is 30.5 Å². The average Bonchev–Trinajstić information content (AvgIpc) is 3.34. The van der Waals surface area contributed by atoms with Crippen LogP contribution in [0, 0.1) is 0 Å². The van der Waals surface area contributed by atoms with E-state index < -0.39 is 0 Å². The van der Waals surface area contributed by atoms with Crippen LogP contribution in [0.2, 0.25) is 0 Å². The molecule has 4 nitrogen and oxygen atoms in total. The fourth-order valence-electron chi connectivity index (χ4n) is 3.55. The van der Waals surface area contributed by atoms with Gasteiger partial charge in [0.05, 0.1) is 5.69 Å². The van der Waals surface area contributed by atoms with E-state index >= 15 is 0 Å². The maximum Gasteiger partial charge on any atom is 0.254 e. The molecule has 0 saturated carbocycles. The smallest absolute Gasteiger partial charge is 0.254 e. The summed E-state index contributed by atoms with van der Waals surface area (Å²) in [6.07, 6.45) is 6.73. The quantitative estimate of drug-likeness (QED) is 0.731. The Kier molecular flexibility index (Phi) is 4.34. The maximum absolute atomic E-state index is 12.9. The van der Waals surface area contributed by atoms with Crippen LogP contribution in [0.1, 0.15) is 28.8 Å². The van der Waals surface area contributed by atoms with Crippen LogP contribution >= 0.6 is 0 Å². The molecular formula is C21H21N3O. The minimum absolute atomic E-state index is 0.130. The van der Waals surface area contributed by atoms with Gasteiger partial charge in [-0.05, 0) is 55.2 Å². The number of amides is 1. The second-order valence-corrected chi connectivity index (χ2v) is 6.48. The van der Waals surface area contributed by atoms with Gasteiger partial charge in [-0.2, -0.15) is 5.10 Å². The molecule has 2 heterocycles. The number of carbonyl (C=O) groups is 1. The molecule has 4 rings (SSSR count). The van der Waals surface area contributed by atoms with E-state index in [1.54, 1.807) is 10.9 Å². The van der Waals surface area contributed by atoms with Gasteiger partial charge in [-0.1, -0.05) is 30.3 Å². The summed E-state index contributed by atoms with van der Waals surface area (Å²) in [5, 5.41) is 4.22. The van der Waals surface area contributed by atoms with E-state index in [4.69, 9.17) is 0 Å². The summed E-state index contributed by atoms with van der Waals surface area (Å²) in [7, 11) is 0. The molecule has 0 radical (unpaired) electrons. The molecule has 1 fully saturated rings. The molecule has 1 aliphatic rings. The van der Waals surface area contributed by atoms with Gasteiger partial charge in [-0.25, -0.2) is 4.68 Å². The van der Waals surface area contributed by atoms with Gasteiger partial charge in [0.1, 0.15) is 0 Å². The van der Waals surface area contributed by atoms with Gasteiger partial charge < -0.3 is 4.90 Å². The van der Waals surface area contributed by atoms with Gasteiger partial charge in [0.2, 0.25) is 0 Å². The van der Waals surface area contributed by atoms with Crippen LogP contribution in [0.5, 0.6) is 0 Å². The lowest BCUT2D eigenvalue weighted by atomic mass is 10.0. The maximum atomic E-state index is 12.9. The van der Waals surface area contributed by atoms with Crippen LogP contribution in [0.15, 0.2) is 73.1 Å². The highest BCUT2D eigenvalue weighted by Crippen LogP contribution is 2.23. The Labute approximate surface area is 147 Å². The lowest BCUT2D eigenvalue weighted by molar-refractivity contribution is 0.0736. The topological polar surface area (TPSA) is 38.1 Å². The lowest BCUT2D eigenvalue weighted by Gasteiger charge is -2.25. The van der Waals surface area contributed by atoms with Gasteiger partial charge in [0.15, 0.2) is 0 Å². The fourth-order valence-corrected chi connectivity index (χ4v) is 3.55. The molecule has 1 aromatic heterocycles. The van der Waals surface area contributed by atoms with Crippen molar-refractivity contribution in [1.82, 2.24) is 14.7 Å². The molecule has 4 heteroatoms. The first-order valence-electron chi connectivity index (χ1n) is 8.76. The Hall–Kier alpha value is -2.88. The normalized spacial score (nSPS) is 17.0. The highest BCUT2D eigenvalue weighted by molar-refractivity contribution is 5.94. The standard InChI is InChI=1S/C21H21N3O/c25-21(18-9-11-19(12-10-18)24-15-5-13-22-24)23-14-4-8-20(23)16-17-6-2-1-3-7-17/h1-3,5-7,9-13,15,20H,4,8,14,16H2. The van der Waals surface area contributed by atoms with E-state index in [-0.39, 0.29) is 5.91 Å². The molecule has 25 heavy (non-hydrogen) atoms. The summed E-state index contributed by atoms with van der Waals surface area (Å²) in [4.78, 5) is 15.0. The first-order chi connectivity index (χ1) is 12.3. The summed E-state index contributed by atoms with van der Waals surface area (Å²) < 4.78 is 1.79. The molecule has 1 saturated heterocycles. The lowest BCUT2D eigenvalue weighted by Crippen LogP contribution is -2.36. The monoisotopic (exact) mass is 331 g/mol. The first-order valence-corrected chi connectivity index (χ1v) is 8.76. The summed E-state index contributed by atoms with van der Waals surface area (Å²) in [6.45, 7) is 0.844. The van der Waals surface area contributed by atoms with Crippen molar-refractivity contribution in [3.63, 3.8) is 0 Å². The zero-order chi connectivity index (χ0) is 17.1. The van der Waals surface area contributed by atoms with Crippen molar-refractivity contribution in [2.24, 2.45) is 0 Å². The van der Waals surface area contributed by atoms with Crippen LogP contribution in [-0.2, 0) is 6.42 Å². The van der Waals surface area contributed by atoms with Gasteiger partial charge in [0.25, 0.3) is 5.91 Å². The second kappa shape index (κ2) is 6.93. The van der Waals surface area contributed by atoms with Crippen molar-refractivity contribution in [3.05, 3.63) is 84.2 Å². The molecule has 0 aliphatic carbocycles. The Morgan fingerprint density at radius 1 is 1.04 bits per heavy atom. The Bertz CT molecular complexity index is 825. The van der Waals surface area contributed by atoms with Gasteiger partial charge in [-0.3, -0.25) is 4.79 Å². The number of likely N-dealkylation sites (tertiary alicyclic amines) is 1. The van der Waals surface area contributed by atoms with E-state index in [0.29, 0.717) is 6.04 Å². The number of aromatic nitrogens is 2. The zero-order valence-electron chi connectivity index (χ0n) is 14.1. The highest BCUT2D eigenvalue weighted by Gasteiger charge is 2.29. The van der Waals surface area contributed by atoms with Crippen LogP contribution in [0.4, 0.5) is 0 Å². The number of hydrogen-bond donors (Lipinski definition) is 0. The van der Waals surface area contributed by atoms with E-state index in [1.807, 2.05) is 47.5 Å². The molecule has 1 amide bonds. The third-order valence-corrected chi connectivity index (χ3v) is 4.84. The molecule has 1 unspecified atom stereocenters. The number of hydrogen-bond acceptors (Lipinski definition) is 2. The van der Waals surface area contributed by atoms with E-state index in [9.17, 15) is 4.79 Å². The third-order valence-electron chi connectivity index (χ3n) is 4.84. The third kappa shape index (κ3) is 3.33. The van der Waals surface area contributed by atoms with Crippen molar-refractivity contribution >= 4 is 5.91 Å². The Morgan fingerprint density at radius 3 is 2.56 bits per heavy atom. The molecule has 2 aromatic carbocycles. The molecule has 1 atom stereocenters. The summed E-state index contributed by atoms with van der Waals surface area (Å²) in [5.41, 5.74) is 3.00. The van der Waals surface area contributed by atoms with Gasteiger partial charge in [-0.15, -0.1) is 0 Å². The predicted molar refractivity (Wildman–Crippen MR) is 97.8 cm³/mol. The van der Waals surface area contributed by atoms with E-state index in [1.165, 1.54) is 5.56 Å². The van der Waals surface area contributed by atoms with Crippen molar-refractivity contribution in [3.8, 4) is 5.69 Å². The minimum atomic E-state index is 0.130. The van der Waals surface area contributed by atoms with Crippen molar-refractivity contribution in [1.29, 1.82) is 0 Å².